The summed E-state index contributed by atoms with van der Waals surface area (Å²) in [7, 11) is 1.52. The Morgan fingerprint density at radius 3 is 2.58 bits per heavy atom. The maximum Gasteiger partial charge on any atom is 0.273 e. The number of ether oxygens (including phenoxy) is 1. The van der Waals surface area contributed by atoms with E-state index in [9.17, 15) is 4.79 Å². The van der Waals surface area contributed by atoms with E-state index in [4.69, 9.17) is 4.74 Å². The second-order valence-electron chi connectivity index (χ2n) is 6.41. The normalized spacial score (nSPS) is 14.0. The molecule has 1 aliphatic rings. The van der Waals surface area contributed by atoms with Crippen LogP contribution in [0.5, 0.6) is 0 Å². The Labute approximate surface area is 152 Å². The van der Waals surface area contributed by atoms with Crippen LogP contribution in [0.4, 0.5) is 0 Å². The molecule has 26 heavy (non-hydrogen) atoms. The van der Waals surface area contributed by atoms with Gasteiger partial charge >= 0.3 is 0 Å². The van der Waals surface area contributed by atoms with Crippen molar-refractivity contribution in [1.29, 1.82) is 0 Å². The molecule has 0 spiro atoms. The zero-order valence-corrected chi connectivity index (χ0v) is 14.6. The topological polar surface area (TPSA) is 50.7 Å². The molecular weight excluding hydrogens is 324 g/mol. The number of hydrogen-bond donors (Lipinski definition) is 1. The minimum Gasteiger partial charge on any atom is -0.367 e. The average Bonchev–Trinajstić information content (AvgIpc) is 3.10. The van der Waals surface area contributed by atoms with Gasteiger partial charge in [0, 0.05) is 12.7 Å². The molecule has 0 radical (unpaired) electrons. The first kappa shape index (κ1) is 16.5. The van der Waals surface area contributed by atoms with Crippen molar-refractivity contribution in [3.8, 4) is 0 Å². The SMILES string of the molecule is COC(C(=O)N/N=C/c1ccc2c3c(cccc13)CC2)c1ccccc1. The fourth-order valence-corrected chi connectivity index (χ4v) is 3.63. The molecule has 4 rings (SSSR count). The number of carbonyl (C=O) groups excluding carboxylic acids is 1. The molecule has 0 saturated carbocycles. The third-order valence-corrected chi connectivity index (χ3v) is 4.87. The number of nitrogens with one attached hydrogen (secondary N) is 1. The Morgan fingerprint density at radius 1 is 1.04 bits per heavy atom. The van der Waals surface area contributed by atoms with E-state index >= 15 is 0 Å². The van der Waals surface area contributed by atoms with Crippen LogP contribution in [0, 0.1) is 0 Å². The number of aryl methyl sites for hydroxylation is 2. The highest BCUT2D eigenvalue weighted by Crippen LogP contribution is 2.32. The summed E-state index contributed by atoms with van der Waals surface area (Å²) in [5, 5.41) is 6.68. The zero-order chi connectivity index (χ0) is 17.9. The van der Waals surface area contributed by atoms with E-state index in [2.05, 4.69) is 40.9 Å². The van der Waals surface area contributed by atoms with Crippen molar-refractivity contribution in [2.24, 2.45) is 5.10 Å². The molecule has 1 N–H and O–H groups in total. The van der Waals surface area contributed by atoms with Gasteiger partial charge in [-0.2, -0.15) is 5.10 Å². The lowest BCUT2D eigenvalue weighted by atomic mass is 10.0. The highest BCUT2D eigenvalue weighted by molar-refractivity contribution is 6.03. The van der Waals surface area contributed by atoms with Crippen LogP contribution in [-0.4, -0.2) is 19.2 Å². The first-order valence-electron chi connectivity index (χ1n) is 8.72. The first-order valence-corrected chi connectivity index (χ1v) is 8.72. The molecule has 3 aromatic carbocycles. The van der Waals surface area contributed by atoms with Crippen LogP contribution in [0.25, 0.3) is 10.8 Å². The molecule has 1 aliphatic carbocycles. The molecule has 0 aliphatic heterocycles. The van der Waals surface area contributed by atoms with Gasteiger partial charge in [0.15, 0.2) is 6.10 Å². The lowest BCUT2D eigenvalue weighted by molar-refractivity contribution is -0.131. The molecule has 3 aromatic rings. The Bertz CT molecular complexity index is 970. The predicted molar refractivity (Wildman–Crippen MR) is 103 cm³/mol. The summed E-state index contributed by atoms with van der Waals surface area (Å²) in [5.74, 6) is -0.291. The molecule has 130 valence electrons. The van der Waals surface area contributed by atoms with Gasteiger partial charge in [-0.25, -0.2) is 5.43 Å². The third-order valence-electron chi connectivity index (χ3n) is 4.87. The van der Waals surface area contributed by atoms with E-state index in [1.807, 2.05) is 30.3 Å². The van der Waals surface area contributed by atoms with Crippen molar-refractivity contribution in [3.63, 3.8) is 0 Å². The van der Waals surface area contributed by atoms with Crippen molar-refractivity contribution < 1.29 is 9.53 Å². The van der Waals surface area contributed by atoms with Gasteiger partial charge in [-0.1, -0.05) is 60.7 Å². The Hall–Kier alpha value is -2.98. The fraction of sp³-hybridized carbons (Fsp3) is 0.182. The van der Waals surface area contributed by atoms with Crippen LogP contribution in [-0.2, 0) is 22.4 Å². The predicted octanol–water partition coefficient (Wildman–Crippen LogP) is 3.78. The molecular formula is C22H20N2O2. The number of hydrogen-bond acceptors (Lipinski definition) is 3. The maximum atomic E-state index is 12.4. The molecule has 0 aromatic heterocycles. The van der Waals surface area contributed by atoms with Crippen LogP contribution in [0.1, 0.15) is 28.4 Å². The molecule has 0 heterocycles. The van der Waals surface area contributed by atoms with Crippen LogP contribution >= 0.6 is 0 Å². The molecule has 1 unspecified atom stereocenters. The average molecular weight is 344 g/mol. The lowest BCUT2D eigenvalue weighted by Gasteiger charge is -2.13. The van der Waals surface area contributed by atoms with Crippen LogP contribution in [0.2, 0.25) is 0 Å². The summed E-state index contributed by atoms with van der Waals surface area (Å²) < 4.78 is 5.32. The van der Waals surface area contributed by atoms with Gasteiger partial charge in [0.05, 0.1) is 6.21 Å². The summed E-state index contributed by atoms with van der Waals surface area (Å²) in [5.41, 5.74) is 7.17. The number of rotatable bonds is 5. The Kier molecular flexibility index (Phi) is 4.50. The molecule has 1 amide bonds. The summed E-state index contributed by atoms with van der Waals surface area (Å²) in [6.07, 6.45) is 3.21. The van der Waals surface area contributed by atoms with E-state index in [-0.39, 0.29) is 5.91 Å². The molecule has 0 saturated heterocycles. The minimum atomic E-state index is -0.679. The Balaban J connectivity index is 1.54. The number of nitrogens with zero attached hydrogens (tertiary/aromatic N) is 1. The maximum absolute atomic E-state index is 12.4. The molecule has 4 heteroatoms. The minimum absolute atomic E-state index is 0.291. The van der Waals surface area contributed by atoms with Gasteiger partial charge in [-0.3, -0.25) is 4.79 Å². The molecule has 0 fully saturated rings. The van der Waals surface area contributed by atoms with E-state index < -0.39 is 6.10 Å². The number of carbonyl (C=O) groups is 1. The van der Waals surface area contributed by atoms with Crippen molar-refractivity contribution in [3.05, 3.63) is 82.9 Å². The zero-order valence-electron chi connectivity index (χ0n) is 14.6. The van der Waals surface area contributed by atoms with Gasteiger partial charge < -0.3 is 4.74 Å². The molecule has 0 bridgehead atoms. The second-order valence-corrected chi connectivity index (χ2v) is 6.41. The van der Waals surface area contributed by atoms with Crippen molar-refractivity contribution >= 4 is 22.9 Å². The van der Waals surface area contributed by atoms with Crippen LogP contribution in [0.3, 0.4) is 0 Å². The standard InChI is InChI=1S/C22H20N2O2/c1-26-21(17-6-3-2-4-7-17)22(25)24-23-14-18-13-12-16-11-10-15-8-5-9-19(18)20(15)16/h2-9,12-14,21H,10-11H2,1H3,(H,24,25)/b23-14+. The van der Waals surface area contributed by atoms with Gasteiger partial charge in [0.1, 0.15) is 0 Å². The Morgan fingerprint density at radius 2 is 1.81 bits per heavy atom. The summed E-state index contributed by atoms with van der Waals surface area (Å²) >= 11 is 0. The largest absolute Gasteiger partial charge is 0.367 e. The quantitative estimate of drug-likeness (QED) is 0.566. The number of amides is 1. The number of methoxy groups -OCH3 is 1. The van der Waals surface area contributed by atoms with Crippen molar-refractivity contribution in [1.82, 2.24) is 5.43 Å². The fourth-order valence-electron chi connectivity index (χ4n) is 3.63. The monoisotopic (exact) mass is 344 g/mol. The van der Waals surface area contributed by atoms with E-state index in [0.29, 0.717) is 0 Å². The van der Waals surface area contributed by atoms with Crippen LogP contribution < -0.4 is 5.43 Å². The first-order chi connectivity index (χ1) is 12.8. The van der Waals surface area contributed by atoms with Crippen LogP contribution in [0.15, 0.2) is 65.8 Å². The lowest BCUT2D eigenvalue weighted by Crippen LogP contribution is -2.26. The summed E-state index contributed by atoms with van der Waals surface area (Å²) in [4.78, 5) is 12.4. The summed E-state index contributed by atoms with van der Waals surface area (Å²) in [6.45, 7) is 0. The van der Waals surface area contributed by atoms with E-state index in [0.717, 1.165) is 24.0 Å². The van der Waals surface area contributed by atoms with Crippen molar-refractivity contribution in [2.75, 3.05) is 7.11 Å². The van der Waals surface area contributed by atoms with Gasteiger partial charge in [0.25, 0.3) is 5.91 Å². The summed E-state index contributed by atoms with van der Waals surface area (Å²) in [6, 6.07) is 20.0. The highest BCUT2D eigenvalue weighted by atomic mass is 16.5. The second kappa shape index (κ2) is 7.10. The third kappa shape index (κ3) is 3.00. The van der Waals surface area contributed by atoms with Gasteiger partial charge in [-0.15, -0.1) is 0 Å². The van der Waals surface area contributed by atoms with Gasteiger partial charge in [-0.05, 0) is 40.3 Å². The van der Waals surface area contributed by atoms with E-state index in [1.165, 1.54) is 29.0 Å². The van der Waals surface area contributed by atoms with E-state index in [1.54, 1.807) is 6.21 Å². The smallest absolute Gasteiger partial charge is 0.273 e. The highest BCUT2D eigenvalue weighted by Gasteiger charge is 2.19. The van der Waals surface area contributed by atoms with Gasteiger partial charge in [0.2, 0.25) is 0 Å². The molecule has 4 nitrogen and oxygen atoms in total. The van der Waals surface area contributed by atoms with Crippen molar-refractivity contribution in [2.45, 2.75) is 18.9 Å². The number of benzene rings is 3. The number of hydrazone groups is 1. The molecule has 1 atom stereocenters.